The molecule has 0 amide bonds. The Hall–Kier alpha value is -1.48. The molecule has 0 aliphatic carbocycles. The van der Waals surface area contributed by atoms with Gasteiger partial charge in [-0.3, -0.25) is 14.5 Å². The fourth-order valence-corrected chi connectivity index (χ4v) is 2.58. The van der Waals surface area contributed by atoms with Crippen LogP contribution in [0.4, 0.5) is 0 Å². The van der Waals surface area contributed by atoms with Crippen LogP contribution in [0, 0.1) is 0 Å². The predicted octanol–water partition coefficient (Wildman–Crippen LogP) is 1.63. The number of ketones is 1. The maximum Gasteiger partial charge on any atom is 0.212 e. The Labute approximate surface area is 101 Å². The van der Waals surface area contributed by atoms with Gasteiger partial charge in [0.25, 0.3) is 0 Å². The number of Topliss-reactive ketones (excluding diaryl/α,β-unsaturated/α-hetero) is 1. The molecule has 1 saturated heterocycles. The summed E-state index contributed by atoms with van der Waals surface area (Å²) in [4.78, 5) is 23.9. The summed E-state index contributed by atoms with van der Waals surface area (Å²) in [5.74, 6) is 0.177. The van der Waals surface area contributed by atoms with Gasteiger partial charge in [0, 0.05) is 6.54 Å². The van der Waals surface area contributed by atoms with Gasteiger partial charge in [0.1, 0.15) is 0 Å². The van der Waals surface area contributed by atoms with Crippen molar-refractivity contribution in [1.82, 2.24) is 4.90 Å². The molecule has 1 fully saturated rings. The van der Waals surface area contributed by atoms with Crippen molar-refractivity contribution < 1.29 is 9.59 Å². The molecule has 2 atom stereocenters. The molecule has 1 aromatic carbocycles. The lowest BCUT2D eigenvalue weighted by atomic mass is 9.86. The second-order valence-corrected chi connectivity index (χ2v) is 4.66. The molecule has 1 aliphatic heterocycles. The fourth-order valence-electron chi connectivity index (χ4n) is 2.58. The molecule has 2 rings (SSSR count). The Morgan fingerprint density at radius 2 is 2.00 bits per heavy atom. The summed E-state index contributed by atoms with van der Waals surface area (Å²) in [6, 6.07) is 10.1. The number of carbonyl (C=O) groups excluding carboxylic acids is 2. The number of likely N-dealkylation sites (N-methyl/N-ethyl adjacent to an activating group) is 1. The van der Waals surface area contributed by atoms with E-state index in [1.165, 1.54) is 5.56 Å². The van der Waals surface area contributed by atoms with Crippen LogP contribution in [0.2, 0.25) is 0 Å². The van der Waals surface area contributed by atoms with Crippen LogP contribution in [-0.2, 0) is 9.59 Å². The first-order chi connectivity index (χ1) is 8.22. The summed E-state index contributed by atoms with van der Waals surface area (Å²) < 4.78 is 0. The Morgan fingerprint density at radius 3 is 2.59 bits per heavy atom. The zero-order valence-corrected chi connectivity index (χ0v) is 10.0. The second kappa shape index (κ2) is 5.23. The maximum absolute atomic E-state index is 11.4. The highest BCUT2D eigenvalue weighted by molar-refractivity contribution is 6.27. The van der Waals surface area contributed by atoms with Gasteiger partial charge in [-0.15, -0.1) is 0 Å². The molecule has 0 saturated carbocycles. The van der Waals surface area contributed by atoms with Gasteiger partial charge in [-0.25, -0.2) is 0 Å². The molecule has 0 spiro atoms. The lowest BCUT2D eigenvalue weighted by Crippen LogP contribution is -2.45. The van der Waals surface area contributed by atoms with Crippen LogP contribution in [0.25, 0.3) is 0 Å². The van der Waals surface area contributed by atoms with E-state index < -0.39 is 0 Å². The molecule has 1 aromatic rings. The van der Waals surface area contributed by atoms with E-state index in [1.54, 1.807) is 0 Å². The zero-order valence-electron chi connectivity index (χ0n) is 10.0. The molecule has 0 N–H and O–H groups in total. The van der Waals surface area contributed by atoms with Gasteiger partial charge in [-0.1, -0.05) is 30.3 Å². The molecule has 0 aromatic heterocycles. The van der Waals surface area contributed by atoms with E-state index in [0.717, 1.165) is 19.4 Å². The van der Waals surface area contributed by atoms with Crippen LogP contribution >= 0.6 is 0 Å². The quantitative estimate of drug-likeness (QED) is 0.586. The number of piperidine rings is 1. The summed E-state index contributed by atoms with van der Waals surface area (Å²) in [5, 5.41) is 0. The third kappa shape index (κ3) is 2.61. The molecule has 3 heteroatoms. The van der Waals surface area contributed by atoms with Crippen molar-refractivity contribution in [3.63, 3.8) is 0 Å². The highest BCUT2D eigenvalue weighted by atomic mass is 16.2. The van der Waals surface area contributed by atoms with Gasteiger partial charge in [-0.2, -0.15) is 0 Å². The van der Waals surface area contributed by atoms with E-state index in [0.29, 0.717) is 12.2 Å². The van der Waals surface area contributed by atoms with Crippen molar-refractivity contribution in [2.75, 3.05) is 13.6 Å². The number of carbonyl (C=O) groups is 2. The molecule has 0 bridgehead atoms. The second-order valence-electron chi connectivity index (χ2n) is 4.66. The van der Waals surface area contributed by atoms with Crippen LogP contribution in [0.1, 0.15) is 24.3 Å². The van der Waals surface area contributed by atoms with Crippen molar-refractivity contribution in [3.8, 4) is 0 Å². The molecular weight excluding hydrogens is 214 g/mol. The average Bonchev–Trinajstić information content (AvgIpc) is 2.39. The Kier molecular flexibility index (Phi) is 3.69. The van der Waals surface area contributed by atoms with Crippen molar-refractivity contribution >= 4 is 12.1 Å². The Morgan fingerprint density at radius 1 is 1.29 bits per heavy atom. The van der Waals surface area contributed by atoms with Crippen molar-refractivity contribution in [3.05, 3.63) is 35.9 Å². The Bertz CT molecular complexity index is 402. The highest BCUT2D eigenvalue weighted by Crippen LogP contribution is 2.29. The number of benzene rings is 1. The van der Waals surface area contributed by atoms with E-state index in [2.05, 4.69) is 12.1 Å². The average molecular weight is 231 g/mol. The van der Waals surface area contributed by atoms with Crippen LogP contribution in [0.15, 0.2) is 30.3 Å². The molecular formula is C14H17NO2. The van der Waals surface area contributed by atoms with E-state index in [4.69, 9.17) is 0 Å². The van der Waals surface area contributed by atoms with Gasteiger partial charge in [0.15, 0.2) is 6.29 Å². The maximum atomic E-state index is 11.4. The van der Waals surface area contributed by atoms with Gasteiger partial charge in [0.2, 0.25) is 5.78 Å². The summed E-state index contributed by atoms with van der Waals surface area (Å²) >= 11 is 0. The third-order valence-electron chi connectivity index (χ3n) is 3.54. The van der Waals surface area contributed by atoms with E-state index in [9.17, 15) is 9.59 Å². The van der Waals surface area contributed by atoms with Gasteiger partial charge in [-0.05, 0) is 31.4 Å². The van der Waals surface area contributed by atoms with E-state index in [1.807, 2.05) is 30.1 Å². The van der Waals surface area contributed by atoms with E-state index in [-0.39, 0.29) is 11.8 Å². The predicted molar refractivity (Wildman–Crippen MR) is 65.9 cm³/mol. The minimum absolute atomic E-state index is 0.215. The largest absolute Gasteiger partial charge is 0.296 e. The number of hydrogen-bond acceptors (Lipinski definition) is 3. The lowest BCUT2D eigenvalue weighted by Gasteiger charge is -2.35. The van der Waals surface area contributed by atoms with Crippen molar-refractivity contribution in [2.24, 2.45) is 0 Å². The van der Waals surface area contributed by atoms with Crippen molar-refractivity contribution in [1.29, 1.82) is 0 Å². The van der Waals surface area contributed by atoms with Crippen LogP contribution < -0.4 is 0 Å². The van der Waals surface area contributed by atoms with Gasteiger partial charge >= 0.3 is 0 Å². The topological polar surface area (TPSA) is 37.4 Å². The first kappa shape index (κ1) is 12.0. The monoisotopic (exact) mass is 231 g/mol. The summed E-state index contributed by atoms with van der Waals surface area (Å²) in [7, 11) is 1.92. The molecule has 90 valence electrons. The number of likely N-dealkylation sites (tertiary alicyclic amines) is 1. The van der Waals surface area contributed by atoms with Gasteiger partial charge in [0.05, 0.1) is 6.04 Å². The number of nitrogens with zero attached hydrogens (tertiary/aromatic N) is 1. The zero-order chi connectivity index (χ0) is 12.3. The first-order valence-electron chi connectivity index (χ1n) is 5.96. The van der Waals surface area contributed by atoms with Crippen LogP contribution in [0.5, 0.6) is 0 Å². The highest BCUT2D eigenvalue weighted by Gasteiger charge is 2.30. The third-order valence-corrected chi connectivity index (χ3v) is 3.54. The van der Waals surface area contributed by atoms with Crippen molar-refractivity contribution in [2.45, 2.75) is 24.8 Å². The van der Waals surface area contributed by atoms with Crippen LogP contribution in [-0.4, -0.2) is 36.6 Å². The smallest absolute Gasteiger partial charge is 0.212 e. The minimum Gasteiger partial charge on any atom is -0.296 e. The molecule has 2 unspecified atom stereocenters. The summed E-state index contributed by atoms with van der Waals surface area (Å²) in [5.41, 5.74) is 1.32. The molecule has 1 heterocycles. The van der Waals surface area contributed by atoms with Gasteiger partial charge < -0.3 is 0 Å². The number of aldehydes is 1. The van der Waals surface area contributed by atoms with E-state index >= 15 is 0 Å². The Balaban J connectivity index is 2.05. The lowest BCUT2D eigenvalue weighted by molar-refractivity contribution is -0.134. The molecule has 1 aliphatic rings. The first-order valence-corrected chi connectivity index (χ1v) is 5.96. The van der Waals surface area contributed by atoms with Crippen LogP contribution in [0.3, 0.4) is 0 Å². The molecule has 17 heavy (non-hydrogen) atoms. The molecule has 0 radical (unpaired) electrons. The number of hydrogen-bond donors (Lipinski definition) is 0. The summed E-state index contributed by atoms with van der Waals surface area (Å²) in [6.07, 6.45) is 2.19. The standard InChI is InChI=1S/C14H17NO2/c1-15-9-12(11-5-3-2-4-6-11)7-8-13(15)14(17)10-16/h2-6,10,12-13H,7-9H2,1H3. The normalized spacial score (nSPS) is 25.5. The summed E-state index contributed by atoms with van der Waals surface area (Å²) in [6.45, 7) is 0.842. The fraction of sp³-hybridized carbons (Fsp3) is 0.429. The number of rotatable bonds is 3. The SMILES string of the molecule is CN1CC(c2ccccc2)CCC1C(=O)C=O. The minimum atomic E-state index is -0.293. The molecule has 3 nitrogen and oxygen atoms in total.